The Kier molecular flexibility index (Phi) is 4.51. The van der Waals surface area contributed by atoms with E-state index in [9.17, 15) is 22.4 Å². The van der Waals surface area contributed by atoms with Gasteiger partial charge in [-0.3, -0.25) is 4.79 Å². The fourth-order valence-corrected chi connectivity index (χ4v) is 2.48. The maximum absolute atomic E-state index is 13.7. The molecule has 0 radical (unpaired) electrons. The van der Waals surface area contributed by atoms with E-state index < -0.39 is 29.0 Å². The van der Waals surface area contributed by atoms with E-state index in [-0.39, 0.29) is 5.92 Å². The number of carbonyl (C=O) groups is 1. The van der Waals surface area contributed by atoms with Crippen molar-refractivity contribution in [3.8, 4) is 0 Å². The van der Waals surface area contributed by atoms with Crippen molar-refractivity contribution >= 4 is 5.91 Å². The number of benzene rings is 1. The highest BCUT2D eigenvalue weighted by Gasteiger charge is 2.33. The molecule has 1 aliphatic rings. The third-order valence-corrected chi connectivity index (χ3v) is 3.66. The molecule has 3 nitrogen and oxygen atoms in total. The number of carbonyl (C=O) groups excluding carboxylic acids is 1. The Morgan fingerprint density at radius 2 is 2.10 bits per heavy atom. The van der Waals surface area contributed by atoms with E-state index >= 15 is 0 Å². The average molecular weight is 304 g/mol. The molecule has 7 heteroatoms. The fourth-order valence-electron chi connectivity index (χ4n) is 2.48. The van der Waals surface area contributed by atoms with Crippen LogP contribution in [-0.2, 0) is 6.18 Å². The molecule has 1 saturated heterocycles. The highest BCUT2D eigenvalue weighted by molar-refractivity contribution is 5.94. The predicted molar refractivity (Wildman–Crippen MR) is 69.1 cm³/mol. The van der Waals surface area contributed by atoms with Crippen molar-refractivity contribution in [1.82, 2.24) is 4.90 Å². The zero-order chi connectivity index (χ0) is 15.6. The normalized spacial score (nSPS) is 19.7. The second-order valence-corrected chi connectivity index (χ2v) is 5.19. The van der Waals surface area contributed by atoms with Gasteiger partial charge in [0.1, 0.15) is 5.82 Å². The van der Waals surface area contributed by atoms with Gasteiger partial charge in [0.25, 0.3) is 5.91 Å². The monoisotopic (exact) mass is 304 g/mol. The van der Waals surface area contributed by atoms with Gasteiger partial charge < -0.3 is 10.6 Å². The molecule has 0 spiro atoms. The van der Waals surface area contributed by atoms with Gasteiger partial charge in [0, 0.05) is 13.1 Å². The predicted octanol–water partition coefficient (Wildman–Crippen LogP) is 2.66. The standard InChI is InChI=1S/C14H16F4N2O/c15-12-4-3-10(14(16,17)18)6-11(12)13(21)20-5-1-2-9(7-19)8-20/h3-4,6,9H,1-2,5,7-8,19H2. The lowest BCUT2D eigenvalue weighted by Gasteiger charge is -2.32. The van der Waals surface area contributed by atoms with E-state index in [4.69, 9.17) is 5.73 Å². The first-order valence-electron chi connectivity index (χ1n) is 6.69. The maximum atomic E-state index is 13.7. The summed E-state index contributed by atoms with van der Waals surface area (Å²) in [5, 5.41) is 0. The highest BCUT2D eigenvalue weighted by Crippen LogP contribution is 2.31. The summed E-state index contributed by atoms with van der Waals surface area (Å²) < 4.78 is 51.7. The van der Waals surface area contributed by atoms with E-state index in [1.54, 1.807) is 0 Å². The van der Waals surface area contributed by atoms with Gasteiger partial charge >= 0.3 is 6.18 Å². The number of alkyl halides is 3. The molecule has 0 saturated carbocycles. The molecule has 0 aliphatic carbocycles. The van der Waals surface area contributed by atoms with Crippen molar-refractivity contribution in [2.75, 3.05) is 19.6 Å². The number of nitrogens with two attached hydrogens (primary N) is 1. The van der Waals surface area contributed by atoms with Crippen LogP contribution in [0.4, 0.5) is 17.6 Å². The fraction of sp³-hybridized carbons (Fsp3) is 0.500. The molecule has 116 valence electrons. The number of halogens is 4. The molecule has 1 fully saturated rings. The number of likely N-dealkylation sites (tertiary alicyclic amines) is 1. The zero-order valence-electron chi connectivity index (χ0n) is 11.3. The number of amides is 1. The maximum Gasteiger partial charge on any atom is 0.416 e. The summed E-state index contributed by atoms with van der Waals surface area (Å²) in [7, 11) is 0. The van der Waals surface area contributed by atoms with Crippen molar-refractivity contribution in [3.05, 3.63) is 35.1 Å². The summed E-state index contributed by atoms with van der Waals surface area (Å²) in [6.07, 6.45) is -3.02. The molecule has 1 atom stereocenters. The van der Waals surface area contributed by atoms with Gasteiger partial charge in [0.15, 0.2) is 0 Å². The van der Waals surface area contributed by atoms with E-state index in [1.165, 1.54) is 4.90 Å². The Labute approximate surface area is 119 Å². The molecule has 1 aliphatic heterocycles. The van der Waals surface area contributed by atoms with Crippen LogP contribution in [0.15, 0.2) is 18.2 Å². The van der Waals surface area contributed by atoms with E-state index in [1.807, 2.05) is 0 Å². The Morgan fingerprint density at radius 1 is 1.38 bits per heavy atom. The zero-order valence-corrected chi connectivity index (χ0v) is 11.3. The molecule has 2 N–H and O–H groups in total. The van der Waals surface area contributed by atoms with Crippen LogP contribution in [0.3, 0.4) is 0 Å². The number of rotatable bonds is 2. The quantitative estimate of drug-likeness (QED) is 0.854. The van der Waals surface area contributed by atoms with Gasteiger partial charge in [0.05, 0.1) is 11.1 Å². The minimum Gasteiger partial charge on any atom is -0.338 e. The van der Waals surface area contributed by atoms with Gasteiger partial charge in [-0.25, -0.2) is 4.39 Å². The molecular weight excluding hydrogens is 288 g/mol. The minimum absolute atomic E-state index is 0.108. The molecule has 1 heterocycles. The number of nitrogens with zero attached hydrogens (tertiary/aromatic N) is 1. The van der Waals surface area contributed by atoms with Gasteiger partial charge in [-0.05, 0) is 43.5 Å². The van der Waals surface area contributed by atoms with E-state index in [0.29, 0.717) is 44.3 Å². The molecule has 1 aromatic rings. The molecule has 21 heavy (non-hydrogen) atoms. The van der Waals surface area contributed by atoms with Crippen LogP contribution in [0.25, 0.3) is 0 Å². The molecule has 1 amide bonds. The summed E-state index contributed by atoms with van der Waals surface area (Å²) in [6.45, 7) is 1.16. The van der Waals surface area contributed by atoms with Crippen LogP contribution in [0, 0.1) is 11.7 Å². The van der Waals surface area contributed by atoms with Crippen LogP contribution in [0.2, 0.25) is 0 Å². The van der Waals surface area contributed by atoms with Gasteiger partial charge in [-0.1, -0.05) is 0 Å². The lowest BCUT2D eigenvalue weighted by atomic mass is 9.97. The Balaban J connectivity index is 2.26. The van der Waals surface area contributed by atoms with E-state index in [0.717, 1.165) is 6.42 Å². The molecule has 1 unspecified atom stereocenters. The summed E-state index contributed by atoms with van der Waals surface area (Å²) in [4.78, 5) is 13.6. The van der Waals surface area contributed by atoms with Crippen LogP contribution in [0.5, 0.6) is 0 Å². The van der Waals surface area contributed by atoms with Crippen molar-refractivity contribution in [3.63, 3.8) is 0 Å². The van der Waals surface area contributed by atoms with Gasteiger partial charge in [-0.2, -0.15) is 13.2 Å². The van der Waals surface area contributed by atoms with Crippen LogP contribution in [-0.4, -0.2) is 30.4 Å². The van der Waals surface area contributed by atoms with Gasteiger partial charge in [-0.15, -0.1) is 0 Å². The molecule has 2 rings (SSSR count). The summed E-state index contributed by atoms with van der Waals surface area (Å²) in [6, 6.07) is 1.88. The van der Waals surface area contributed by atoms with E-state index in [2.05, 4.69) is 0 Å². The Morgan fingerprint density at radius 3 is 2.71 bits per heavy atom. The first kappa shape index (κ1) is 15.8. The Hall–Kier alpha value is -1.63. The number of piperidine rings is 1. The van der Waals surface area contributed by atoms with Crippen LogP contribution >= 0.6 is 0 Å². The van der Waals surface area contributed by atoms with Crippen molar-refractivity contribution in [2.45, 2.75) is 19.0 Å². The molecule has 0 bridgehead atoms. The van der Waals surface area contributed by atoms with Crippen LogP contribution < -0.4 is 5.73 Å². The lowest BCUT2D eigenvalue weighted by Crippen LogP contribution is -2.42. The molecule has 0 aromatic heterocycles. The lowest BCUT2D eigenvalue weighted by molar-refractivity contribution is -0.137. The molecule has 1 aromatic carbocycles. The molecular formula is C14H16F4N2O. The summed E-state index contributed by atoms with van der Waals surface area (Å²) in [5.41, 5.74) is 3.99. The first-order valence-corrected chi connectivity index (χ1v) is 6.69. The second kappa shape index (κ2) is 6.01. The SMILES string of the molecule is NCC1CCCN(C(=O)c2cc(C(F)(F)F)ccc2F)C1. The second-order valence-electron chi connectivity index (χ2n) is 5.19. The van der Waals surface area contributed by atoms with Gasteiger partial charge in [0.2, 0.25) is 0 Å². The largest absolute Gasteiger partial charge is 0.416 e. The number of hydrogen-bond donors (Lipinski definition) is 1. The third kappa shape index (κ3) is 3.53. The average Bonchev–Trinajstić information content (AvgIpc) is 2.46. The van der Waals surface area contributed by atoms with Crippen molar-refractivity contribution in [1.29, 1.82) is 0 Å². The smallest absolute Gasteiger partial charge is 0.338 e. The topological polar surface area (TPSA) is 46.3 Å². The minimum atomic E-state index is -4.61. The van der Waals surface area contributed by atoms with Crippen molar-refractivity contribution < 1.29 is 22.4 Å². The third-order valence-electron chi connectivity index (χ3n) is 3.66. The number of hydrogen-bond acceptors (Lipinski definition) is 2. The van der Waals surface area contributed by atoms with Crippen molar-refractivity contribution in [2.24, 2.45) is 11.7 Å². The first-order chi connectivity index (χ1) is 9.82. The Bertz CT molecular complexity index is 530. The highest BCUT2D eigenvalue weighted by atomic mass is 19.4. The summed E-state index contributed by atoms with van der Waals surface area (Å²) >= 11 is 0. The van der Waals surface area contributed by atoms with Crippen LogP contribution in [0.1, 0.15) is 28.8 Å². The summed E-state index contributed by atoms with van der Waals surface area (Å²) in [5.74, 6) is -1.55.